The summed E-state index contributed by atoms with van der Waals surface area (Å²) in [6.07, 6.45) is 0. The molecule has 0 saturated heterocycles. The fraction of sp³-hybridized carbons (Fsp3) is 0.125. The van der Waals surface area contributed by atoms with Crippen LogP contribution in [0, 0.1) is 6.92 Å². The standard InChI is InChI=1S/C24H21N5O3S/c1-3-32-21-11-7-5-9-19(21)25-22-18-8-4-6-10-20(18)29-23(26-22)24(27-28-29)33(30,31)17-14-12-16(2)13-15-17/h4-15H,3H2,1-2H3,(H,25,26). The Balaban J connectivity index is 1.72. The first-order valence-corrected chi connectivity index (χ1v) is 11.9. The van der Waals surface area contributed by atoms with Crippen molar-refractivity contribution in [3.63, 3.8) is 0 Å². The quantitative estimate of drug-likeness (QED) is 0.397. The van der Waals surface area contributed by atoms with E-state index in [-0.39, 0.29) is 15.6 Å². The fourth-order valence-electron chi connectivity index (χ4n) is 3.62. The number of hydrogen-bond acceptors (Lipinski definition) is 7. The van der Waals surface area contributed by atoms with Gasteiger partial charge in [-0.2, -0.15) is 4.52 Å². The Kier molecular flexibility index (Phi) is 5.18. The number of rotatable bonds is 6. The SMILES string of the molecule is CCOc1ccccc1Nc1nc2c(S(=O)(=O)c3ccc(C)cc3)nnn2c2ccccc12. The molecule has 5 aromatic rings. The molecule has 8 nitrogen and oxygen atoms in total. The maximum Gasteiger partial charge on any atom is 0.229 e. The number of aromatic nitrogens is 4. The topological polar surface area (TPSA) is 98.5 Å². The monoisotopic (exact) mass is 459 g/mol. The number of aryl methyl sites for hydroxylation is 1. The lowest BCUT2D eigenvalue weighted by Gasteiger charge is -2.14. The van der Waals surface area contributed by atoms with Crippen LogP contribution in [0.1, 0.15) is 12.5 Å². The molecule has 0 aliphatic carbocycles. The van der Waals surface area contributed by atoms with Gasteiger partial charge in [0.15, 0.2) is 5.65 Å². The summed E-state index contributed by atoms with van der Waals surface area (Å²) in [4.78, 5) is 4.80. The fourth-order valence-corrected chi connectivity index (χ4v) is 4.86. The highest BCUT2D eigenvalue weighted by Gasteiger charge is 2.27. The van der Waals surface area contributed by atoms with Crippen molar-refractivity contribution in [1.82, 2.24) is 19.8 Å². The van der Waals surface area contributed by atoms with Crippen LogP contribution in [0.15, 0.2) is 82.7 Å². The summed E-state index contributed by atoms with van der Waals surface area (Å²) in [6.45, 7) is 4.32. The molecule has 2 aromatic heterocycles. The molecule has 0 fully saturated rings. The number of benzene rings is 3. The van der Waals surface area contributed by atoms with E-state index in [0.29, 0.717) is 23.7 Å². The maximum absolute atomic E-state index is 13.4. The van der Waals surface area contributed by atoms with Gasteiger partial charge in [-0.1, -0.05) is 47.2 Å². The molecule has 0 aliphatic rings. The van der Waals surface area contributed by atoms with E-state index in [2.05, 4.69) is 20.6 Å². The molecule has 0 amide bonds. The second-order valence-electron chi connectivity index (χ2n) is 7.48. The van der Waals surface area contributed by atoms with Gasteiger partial charge < -0.3 is 10.1 Å². The van der Waals surface area contributed by atoms with Crippen LogP contribution in [0.5, 0.6) is 5.75 Å². The zero-order valence-corrected chi connectivity index (χ0v) is 18.9. The highest BCUT2D eigenvalue weighted by Crippen LogP contribution is 2.32. The highest BCUT2D eigenvalue weighted by atomic mass is 32.2. The lowest BCUT2D eigenvalue weighted by atomic mass is 10.2. The molecule has 0 radical (unpaired) electrons. The molecule has 5 rings (SSSR count). The van der Waals surface area contributed by atoms with Gasteiger partial charge in [-0.15, -0.1) is 5.10 Å². The minimum absolute atomic E-state index is 0.140. The Morgan fingerprint density at radius 1 is 0.970 bits per heavy atom. The Bertz CT molecular complexity index is 1580. The Morgan fingerprint density at radius 2 is 1.70 bits per heavy atom. The number of anilines is 2. The summed E-state index contributed by atoms with van der Waals surface area (Å²) in [7, 11) is -3.92. The van der Waals surface area contributed by atoms with Crippen molar-refractivity contribution in [3.8, 4) is 5.75 Å². The lowest BCUT2D eigenvalue weighted by Crippen LogP contribution is -2.06. The van der Waals surface area contributed by atoms with E-state index >= 15 is 0 Å². The summed E-state index contributed by atoms with van der Waals surface area (Å²) >= 11 is 0. The Labute approximate surface area is 190 Å². The second-order valence-corrected chi connectivity index (χ2v) is 9.34. The van der Waals surface area contributed by atoms with Crippen molar-refractivity contribution in [2.75, 3.05) is 11.9 Å². The summed E-state index contributed by atoms with van der Waals surface area (Å²) in [5.74, 6) is 1.15. The van der Waals surface area contributed by atoms with E-state index in [1.807, 2.05) is 62.4 Å². The third-order valence-corrected chi connectivity index (χ3v) is 6.91. The first kappa shape index (κ1) is 20.9. The second kappa shape index (κ2) is 8.18. The van der Waals surface area contributed by atoms with Crippen molar-refractivity contribution >= 4 is 37.9 Å². The number of nitrogens with zero attached hydrogens (tertiary/aromatic N) is 4. The van der Waals surface area contributed by atoms with Crippen LogP contribution in [0.4, 0.5) is 11.5 Å². The van der Waals surface area contributed by atoms with Gasteiger partial charge in [0, 0.05) is 5.39 Å². The Hall–Kier alpha value is -3.98. The van der Waals surface area contributed by atoms with Gasteiger partial charge in [0.2, 0.25) is 14.9 Å². The van der Waals surface area contributed by atoms with Crippen LogP contribution in [0.2, 0.25) is 0 Å². The molecule has 0 aliphatic heterocycles. The van der Waals surface area contributed by atoms with Crippen molar-refractivity contribution in [1.29, 1.82) is 0 Å². The van der Waals surface area contributed by atoms with Gasteiger partial charge in [0.1, 0.15) is 11.6 Å². The highest BCUT2D eigenvalue weighted by molar-refractivity contribution is 7.91. The Morgan fingerprint density at radius 3 is 2.48 bits per heavy atom. The van der Waals surface area contributed by atoms with Gasteiger partial charge in [0.25, 0.3) is 0 Å². The summed E-state index contributed by atoms with van der Waals surface area (Å²) in [5, 5.41) is 12.0. The van der Waals surface area contributed by atoms with Crippen LogP contribution in [-0.4, -0.2) is 34.8 Å². The predicted molar refractivity (Wildman–Crippen MR) is 126 cm³/mol. The van der Waals surface area contributed by atoms with E-state index in [9.17, 15) is 8.42 Å². The third kappa shape index (κ3) is 3.66. The van der Waals surface area contributed by atoms with Gasteiger partial charge in [0.05, 0.1) is 22.7 Å². The van der Waals surface area contributed by atoms with Crippen molar-refractivity contribution in [2.24, 2.45) is 0 Å². The minimum Gasteiger partial charge on any atom is -0.492 e. The largest absolute Gasteiger partial charge is 0.492 e. The molecule has 0 unspecified atom stereocenters. The summed E-state index contributed by atoms with van der Waals surface area (Å²) < 4.78 is 33.9. The molecular weight excluding hydrogens is 438 g/mol. The van der Waals surface area contributed by atoms with Crippen LogP contribution in [-0.2, 0) is 9.84 Å². The van der Waals surface area contributed by atoms with Crippen LogP contribution in [0.3, 0.4) is 0 Å². The molecule has 33 heavy (non-hydrogen) atoms. The number of para-hydroxylation sites is 3. The van der Waals surface area contributed by atoms with Gasteiger partial charge >= 0.3 is 0 Å². The number of fused-ring (bicyclic) bond motifs is 3. The zero-order valence-electron chi connectivity index (χ0n) is 18.1. The average Bonchev–Trinajstić information content (AvgIpc) is 3.26. The van der Waals surface area contributed by atoms with Gasteiger partial charge in [-0.05, 0) is 50.2 Å². The van der Waals surface area contributed by atoms with Crippen molar-refractivity contribution < 1.29 is 13.2 Å². The van der Waals surface area contributed by atoms with Crippen molar-refractivity contribution in [2.45, 2.75) is 23.8 Å². The summed E-state index contributed by atoms with van der Waals surface area (Å²) in [6, 6.07) is 21.6. The van der Waals surface area contributed by atoms with Gasteiger partial charge in [-0.25, -0.2) is 13.4 Å². The van der Waals surface area contributed by atoms with Crippen molar-refractivity contribution in [3.05, 3.63) is 78.4 Å². The minimum atomic E-state index is -3.92. The predicted octanol–water partition coefficient (Wildman–Crippen LogP) is 4.56. The average molecular weight is 460 g/mol. The van der Waals surface area contributed by atoms with E-state index in [1.54, 1.807) is 24.3 Å². The number of hydrogen-bond donors (Lipinski definition) is 1. The van der Waals surface area contributed by atoms with E-state index in [0.717, 1.165) is 16.6 Å². The summed E-state index contributed by atoms with van der Waals surface area (Å²) in [5.41, 5.74) is 2.50. The van der Waals surface area contributed by atoms with E-state index in [4.69, 9.17) is 4.74 Å². The number of nitrogens with one attached hydrogen (secondary N) is 1. The molecule has 9 heteroatoms. The lowest BCUT2D eigenvalue weighted by molar-refractivity contribution is 0.342. The van der Waals surface area contributed by atoms with E-state index in [1.165, 1.54) is 4.52 Å². The molecule has 0 bridgehead atoms. The molecule has 0 saturated carbocycles. The van der Waals surface area contributed by atoms with Crippen LogP contribution < -0.4 is 10.1 Å². The molecule has 3 aromatic carbocycles. The molecule has 166 valence electrons. The normalized spacial score (nSPS) is 11.7. The van der Waals surface area contributed by atoms with Crippen LogP contribution >= 0.6 is 0 Å². The molecule has 0 spiro atoms. The zero-order chi connectivity index (χ0) is 23.0. The number of ether oxygens (including phenoxy) is 1. The molecular formula is C24H21N5O3S. The molecule has 2 heterocycles. The smallest absolute Gasteiger partial charge is 0.229 e. The number of sulfone groups is 1. The first-order valence-electron chi connectivity index (χ1n) is 10.4. The van der Waals surface area contributed by atoms with E-state index < -0.39 is 9.84 Å². The van der Waals surface area contributed by atoms with Gasteiger partial charge in [-0.3, -0.25) is 0 Å². The van der Waals surface area contributed by atoms with Crippen LogP contribution in [0.25, 0.3) is 16.6 Å². The first-order chi connectivity index (χ1) is 16.0. The third-order valence-electron chi connectivity index (χ3n) is 5.25. The molecule has 0 atom stereocenters. The maximum atomic E-state index is 13.4. The molecule has 1 N–H and O–H groups in total.